The van der Waals surface area contributed by atoms with Crippen molar-refractivity contribution in [2.45, 2.75) is 43.9 Å². The molecule has 0 saturated carbocycles. The van der Waals surface area contributed by atoms with Crippen molar-refractivity contribution in [2.75, 3.05) is 5.32 Å². The topological polar surface area (TPSA) is 38.3 Å². The molecule has 23 heavy (non-hydrogen) atoms. The molecule has 0 aliphatic rings. The maximum absolute atomic E-state index is 12.3. The quantitative estimate of drug-likeness (QED) is 0.766. The Hall–Kier alpha value is -1.94. The van der Waals surface area contributed by atoms with Crippen LogP contribution in [0.25, 0.3) is 0 Å². The lowest BCUT2D eigenvalue weighted by atomic mass is 10.2. The Morgan fingerprint density at radius 3 is 2.43 bits per heavy atom. The minimum absolute atomic E-state index is 0.0164. The fraction of sp³-hybridized carbons (Fsp3) is 0.316. The number of nitrogens with one attached hydrogen (secondary N) is 1. The summed E-state index contributed by atoms with van der Waals surface area (Å²) in [5.41, 5.74) is 1.97. The summed E-state index contributed by atoms with van der Waals surface area (Å²) < 4.78 is 5.65. The van der Waals surface area contributed by atoms with E-state index in [1.165, 1.54) is 5.56 Å². The lowest BCUT2D eigenvalue weighted by Crippen LogP contribution is -2.22. The molecule has 0 aromatic heterocycles. The van der Waals surface area contributed by atoms with Crippen LogP contribution in [0, 0.1) is 6.92 Å². The van der Waals surface area contributed by atoms with Crippen LogP contribution in [0.3, 0.4) is 0 Å². The van der Waals surface area contributed by atoms with Crippen LogP contribution in [-0.4, -0.2) is 17.3 Å². The molecule has 3 nitrogen and oxygen atoms in total. The van der Waals surface area contributed by atoms with Gasteiger partial charge in [0, 0.05) is 16.6 Å². The standard InChI is InChI=1S/C19H23NO2S/c1-13(2)22-17-7-5-6-16(12-17)20-19(21)15(4)23-18-10-8-14(3)9-11-18/h5-13,15H,1-4H3,(H,20,21)/t15-/m0/s1. The molecule has 0 bridgehead atoms. The number of carbonyl (C=O) groups is 1. The van der Waals surface area contributed by atoms with Gasteiger partial charge in [-0.15, -0.1) is 11.8 Å². The van der Waals surface area contributed by atoms with E-state index in [-0.39, 0.29) is 17.3 Å². The Kier molecular flexibility index (Phi) is 6.11. The molecule has 0 heterocycles. The van der Waals surface area contributed by atoms with Crippen molar-refractivity contribution in [1.29, 1.82) is 0 Å². The van der Waals surface area contributed by atoms with Crippen LogP contribution in [0.4, 0.5) is 5.69 Å². The average molecular weight is 329 g/mol. The van der Waals surface area contributed by atoms with Gasteiger partial charge in [0.1, 0.15) is 5.75 Å². The van der Waals surface area contributed by atoms with Gasteiger partial charge in [-0.2, -0.15) is 0 Å². The first-order chi connectivity index (χ1) is 10.9. The van der Waals surface area contributed by atoms with Crippen LogP contribution in [0.15, 0.2) is 53.4 Å². The number of rotatable bonds is 6. The van der Waals surface area contributed by atoms with Crippen molar-refractivity contribution in [2.24, 2.45) is 0 Å². The number of hydrogen-bond donors (Lipinski definition) is 1. The monoisotopic (exact) mass is 329 g/mol. The summed E-state index contributed by atoms with van der Waals surface area (Å²) in [6.45, 7) is 7.92. The summed E-state index contributed by atoms with van der Waals surface area (Å²) >= 11 is 1.55. The Bertz CT molecular complexity index is 653. The van der Waals surface area contributed by atoms with Crippen LogP contribution in [-0.2, 0) is 4.79 Å². The summed E-state index contributed by atoms with van der Waals surface area (Å²) in [5, 5.41) is 2.77. The second kappa shape index (κ2) is 8.06. The van der Waals surface area contributed by atoms with Gasteiger partial charge in [-0.3, -0.25) is 4.79 Å². The SMILES string of the molecule is Cc1ccc(S[C@@H](C)C(=O)Nc2cccc(OC(C)C)c2)cc1. The second-order valence-corrected chi connectivity index (χ2v) is 7.17. The lowest BCUT2D eigenvalue weighted by Gasteiger charge is -2.14. The van der Waals surface area contributed by atoms with Crippen molar-refractivity contribution < 1.29 is 9.53 Å². The minimum atomic E-state index is -0.174. The third-order valence-electron chi connectivity index (χ3n) is 3.18. The Balaban J connectivity index is 1.96. The largest absolute Gasteiger partial charge is 0.491 e. The molecular weight excluding hydrogens is 306 g/mol. The summed E-state index contributed by atoms with van der Waals surface area (Å²) in [4.78, 5) is 13.4. The lowest BCUT2D eigenvalue weighted by molar-refractivity contribution is -0.115. The van der Waals surface area contributed by atoms with E-state index in [0.29, 0.717) is 0 Å². The maximum atomic E-state index is 12.3. The average Bonchev–Trinajstić information content (AvgIpc) is 2.49. The molecule has 1 N–H and O–H groups in total. The van der Waals surface area contributed by atoms with Crippen molar-refractivity contribution >= 4 is 23.4 Å². The van der Waals surface area contributed by atoms with Crippen molar-refractivity contribution in [3.63, 3.8) is 0 Å². The molecule has 0 aliphatic heterocycles. The highest BCUT2D eigenvalue weighted by Gasteiger charge is 2.14. The summed E-state index contributed by atoms with van der Waals surface area (Å²) in [6.07, 6.45) is 0.108. The van der Waals surface area contributed by atoms with Crippen LogP contribution in [0.5, 0.6) is 5.75 Å². The molecule has 1 atom stereocenters. The molecule has 0 fully saturated rings. The summed E-state index contributed by atoms with van der Waals surface area (Å²) in [5.74, 6) is 0.744. The molecule has 0 radical (unpaired) electrons. The first kappa shape index (κ1) is 17.4. The fourth-order valence-corrected chi connectivity index (χ4v) is 2.91. The number of benzene rings is 2. The number of carbonyl (C=O) groups excluding carboxylic acids is 1. The van der Waals surface area contributed by atoms with Gasteiger partial charge in [0.05, 0.1) is 11.4 Å². The predicted octanol–water partition coefficient (Wildman–Crippen LogP) is 4.90. The minimum Gasteiger partial charge on any atom is -0.491 e. The zero-order valence-corrected chi connectivity index (χ0v) is 14.8. The number of amides is 1. The van der Waals surface area contributed by atoms with Crippen LogP contribution < -0.4 is 10.1 Å². The molecule has 2 aromatic carbocycles. The van der Waals surface area contributed by atoms with E-state index < -0.39 is 0 Å². The fourth-order valence-electron chi connectivity index (χ4n) is 2.04. The molecule has 4 heteroatoms. The zero-order chi connectivity index (χ0) is 16.8. The summed E-state index contributed by atoms with van der Waals surface area (Å²) in [6, 6.07) is 15.7. The van der Waals surface area contributed by atoms with E-state index in [1.54, 1.807) is 11.8 Å². The van der Waals surface area contributed by atoms with E-state index in [0.717, 1.165) is 16.3 Å². The zero-order valence-electron chi connectivity index (χ0n) is 14.0. The van der Waals surface area contributed by atoms with E-state index in [1.807, 2.05) is 57.2 Å². The normalized spacial score (nSPS) is 12.0. The van der Waals surface area contributed by atoms with Gasteiger partial charge in [-0.05, 0) is 52.0 Å². The van der Waals surface area contributed by atoms with E-state index >= 15 is 0 Å². The van der Waals surface area contributed by atoms with Crippen molar-refractivity contribution in [3.05, 3.63) is 54.1 Å². The van der Waals surface area contributed by atoms with Crippen LogP contribution >= 0.6 is 11.8 Å². The Labute approximate surface area is 142 Å². The van der Waals surface area contributed by atoms with Gasteiger partial charge >= 0.3 is 0 Å². The first-order valence-electron chi connectivity index (χ1n) is 7.75. The van der Waals surface area contributed by atoms with Crippen molar-refractivity contribution in [3.8, 4) is 5.75 Å². The Morgan fingerprint density at radius 1 is 1.09 bits per heavy atom. The highest BCUT2D eigenvalue weighted by atomic mass is 32.2. The molecular formula is C19H23NO2S. The van der Waals surface area contributed by atoms with Gasteiger partial charge in [0.15, 0.2) is 0 Å². The first-order valence-corrected chi connectivity index (χ1v) is 8.63. The molecule has 2 rings (SSSR count). The van der Waals surface area contributed by atoms with Gasteiger partial charge in [-0.25, -0.2) is 0 Å². The number of aryl methyl sites for hydroxylation is 1. The third kappa shape index (κ3) is 5.64. The Morgan fingerprint density at radius 2 is 1.78 bits per heavy atom. The van der Waals surface area contributed by atoms with Crippen molar-refractivity contribution in [1.82, 2.24) is 0 Å². The maximum Gasteiger partial charge on any atom is 0.237 e. The number of hydrogen-bond acceptors (Lipinski definition) is 3. The van der Waals surface area contributed by atoms with E-state index in [9.17, 15) is 4.79 Å². The van der Waals surface area contributed by atoms with Gasteiger partial charge in [0.25, 0.3) is 0 Å². The number of thioether (sulfide) groups is 1. The summed E-state index contributed by atoms with van der Waals surface area (Å²) in [7, 11) is 0. The highest BCUT2D eigenvalue weighted by Crippen LogP contribution is 2.25. The number of ether oxygens (including phenoxy) is 1. The van der Waals surface area contributed by atoms with Gasteiger partial charge in [-0.1, -0.05) is 23.8 Å². The van der Waals surface area contributed by atoms with Gasteiger partial charge in [0.2, 0.25) is 5.91 Å². The van der Waals surface area contributed by atoms with Gasteiger partial charge < -0.3 is 10.1 Å². The smallest absolute Gasteiger partial charge is 0.237 e. The van der Waals surface area contributed by atoms with Crippen LogP contribution in [0.2, 0.25) is 0 Å². The molecule has 0 spiro atoms. The molecule has 122 valence electrons. The van der Waals surface area contributed by atoms with E-state index in [4.69, 9.17) is 4.74 Å². The molecule has 1 amide bonds. The third-order valence-corrected chi connectivity index (χ3v) is 4.29. The second-order valence-electron chi connectivity index (χ2n) is 5.76. The molecule has 0 aliphatic carbocycles. The molecule has 0 unspecified atom stereocenters. The predicted molar refractivity (Wildman–Crippen MR) is 97.3 cm³/mol. The van der Waals surface area contributed by atoms with Crippen LogP contribution in [0.1, 0.15) is 26.3 Å². The molecule has 2 aromatic rings. The molecule has 0 saturated heterocycles. The number of anilines is 1. The van der Waals surface area contributed by atoms with E-state index in [2.05, 4.69) is 24.4 Å². The highest BCUT2D eigenvalue weighted by molar-refractivity contribution is 8.00.